The summed E-state index contributed by atoms with van der Waals surface area (Å²) < 4.78 is 27.9. The monoisotopic (exact) mass is 320 g/mol. The van der Waals surface area contributed by atoms with Crippen molar-refractivity contribution in [2.24, 2.45) is 0 Å². The first-order valence-electron chi connectivity index (χ1n) is 6.58. The fraction of sp³-hybridized carbons (Fsp3) is 0.667. The Morgan fingerprint density at radius 3 is 2.68 bits per heavy atom. The Kier molecular flexibility index (Phi) is 3.88. The second-order valence-corrected chi connectivity index (χ2v) is 8.99. The molecule has 1 unspecified atom stereocenters. The highest BCUT2D eigenvalue weighted by atomic mass is 35.5. The third kappa shape index (κ3) is 2.97. The van der Waals surface area contributed by atoms with Gasteiger partial charge in [0.15, 0.2) is 0 Å². The standard InChI is InChI=1S/C12H17ClN2O2S2/c13-11-5-6-12(18-11)19(16,17)15(10-3-4-10)8-9-2-1-7-14-9/h5-6,9-10,14H,1-4,7-8H2. The Bertz CT molecular complexity index is 548. The summed E-state index contributed by atoms with van der Waals surface area (Å²) in [5.41, 5.74) is 0. The maximum Gasteiger partial charge on any atom is 0.252 e. The van der Waals surface area contributed by atoms with E-state index in [9.17, 15) is 8.42 Å². The SMILES string of the molecule is O=S(=O)(c1ccc(Cl)s1)N(CC1CCCN1)C1CC1. The van der Waals surface area contributed by atoms with Crippen molar-refractivity contribution in [3.63, 3.8) is 0 Å². The van der Waals surface area contributed by atoms with Gasteiger partial charge in [0.2, 0.25) is 0 Å². The van der Waals surface area contributed by atoms with Gasteiger partial charge in [0.1, 0.15) is 4.21 Å². The molecule has 1 aromatic heterocycles. The lowest BCUT2D eigenvalue weighted by molar-refractivity contribution is 0.363. The van der Waals surface area contributed by atoms with E-state index in [4.69, 9.17) is 11.6 Å². The fourth-order valence-corrected chi connectivity index (χ4v) is 5.83. The molecule has 0 spiro atoms. The molecule has 0 radical (unpaired) electrons. The molecule has 2 aliphatic rings. The smallest absolute Gasteiger partial charge is 0.252 e. The molecule has 0 aromatic carbocycles. The van der Waals surface area contributed by atoms with Crippen LogP contribution < -0.4 is 5.32 Å². The van der Waals surface area contributed by atoms with Gasteiger partial charge in [-0.1, -0.05) is 11.6 Å². The van der Waals surface area contributed by atoms with E-state index in [1.807, 2.05) is 0 Å². The number of hydrogen-bond acceptors (Lipinski definition) is 4. The fourth-order valence-electron chi connectivity index (χ4n) is 2.49. The lowest BCUT2D eigenvalue weighted by Crippen LogP contribution is -2.42. The predicted molar refractivity (Wildman–Crippen MR) is 77.3 cm³/mol. The van der Waals surface area contributed by atoms with Crippen LogP contribution in [0.3, 0.4) is 0 Å². The molecule has 1 N–H and O–H groups in total. The molecule has 4 nitrogen and oxygen atoms in total. The molecule has 2 fully saturated rings. The van der Waals surface area contributed by atoms with Gasteiger partial charge in [0.25, 0.3) is 10.0 Å². The summed E-state index contributed by atoms with van der Waals surface area (Å²) in [6.07, 6.45) is 4.15. The molecule has 1 aliphatic heterocycles. The van der Waals surface area contributed by atoms with E-state index in [1.54, 1.807) is 16.4 Å². The van der Waals surface area contributed by atoms with Gasteiger partial charge in [-0.25, -0.2) is 8.42 Å². The maximum atomic E-state index is 12.7. The molecule has 1 saturated carbocycles. The summed E-state index contributed by atoms with van der Waals surface area (Å²) in [6.45, 7) is 1.58. The van der Waals surface area contributed by atoms with Gasteiger partial charge in [-0.3, -0.25) is 0 Å². The number of nitrogens with one attached hydrogen (secondary N) is 1. The molecule has 1 aliphatic carbocycles. The quantitative estimate of drug-likeness (QED) is 0.905. The number of hydrogen-bond donors (Lipinski definition) is 1. The van der Waals surface area contributed by atoms with Gasteiger partial charge in [0, 0.05) is 18.6 Å². The largest absolute Gasteiger partial charge is 0.313 e. The highest BCUT2D eigenvalue weighted by Crippen LogP contribution is 2.35. The topological polar surface area (TPSA) is 49.4 Å². The maximum absolute atomic E-state index is 12.7. The third-order valence-electron chi connectivity index (χ3n) is 3.63. The third-order valence-corrected chi connectivity index (χ3v) is 7.25. The van der Waals surface area contributed by atoms with Crippen LogP contribution >= 0.6 is 22.9 Å². The summed E-state index contributed by atoms with van der Waals surface area (Å²) >= 11 is 7.00. The van der Waals surface area contributed by atoms with Crippen molar-refractivity contribution in [1.82, 2.24) is 9.62 Å². The summed E-state index contributed by atoms with van der Waals surface area (Å²) in [6, 6.07) is 3.75. The van der Waals surface area contributed by atoms with Crippen molar-refractivity contribution < 1.29 is 8.42 Å². The molecule has 106 valence electrons. The minimum atomic E-state index is -3.38. The van der Waals surface area contributed by atoms with E-state index in [0.29, 0.717) is 21.1 Å². The van der Waals surface area contributed by atoms with Crippen molar-refractivity contribution in [3.8, 4) is 0 Å². The lowest BCUT2D eigenvalue weighted by atomic mass is 10.2. The van der Waals surface area contributed by atoms with E-state index in [0.717, 1.165) is 43.6 Å². The summed E-state index contributed by atoms with van der Waals surface area (Å²) in [7, 11) is -3.38. The normalized spacial score (nSPS) is 24.2. The molecule has 1 aromatic rings. The van der Waals surface area contributed by atoms with Crippen molar-refractivity contribution >= 4 is 33.0 Å². The summed E-state index contributed by atoms with van der Waals surface area (Å²) in [5.74, 6) is 0. The molecule has 1 saturated heterocycles. The first-order valence-corrected chi connectivity index (χ1v) is 9.21. The molecule has 0 amide bonds. The van der Waals surface area contributed by atoms with E-state index < -0.39 is 10.0 Å². The zero-order valence-electron chi connectivity index (χ0n) is 10.5. The van der Waals surface area contributed by atoms with Crippen LogP contribution in [0.15, 0.2) is 16.3 Å². The highest BCUT2D eigenvalue weighted by molar-refractivity contribution is 7.91. The Morgan fingerprint density at radius 2 is 2.16 bits per heavy atom. The van der Waals surface area contributed by atoms with Gasteiger partial charge in [-0.2, -0.15) is 4.31 Å². The molecule has 0 bridgehead atoms. The molecule has 1 atom stereocenters. The van der Waals surface area contributed by atoms with Crippen LogP contribution in [0.5, 0.6) is 0 Å². The van der Waals surface area contributed by atoms with Crippen LogP contribution in [0.25, 0.3) is 0 Å². The zero-order valence-corrected chi connectivity index (χ0v) is 12.9. The molecule has 7 heteroatoms. The van der Waals surface area contributed by atoms with E-state index in [2.05, 4.69) is 5.32 Å². The van der Waals surface area contributed by atoms with Crippen LogP contribution in [0.1, 0.15) is 25.7 Å². The first kappa shape index (κ1) is 13.8. The van der Waals surface area contributed by atoms with Crippen molar-refractivity contribution in [2.45, 2.75) is 42.0 Å². The second kappa shape index (κ2) is 5.33. The Balaban J connectivity index is 1.82. The highest BCUT2D eigenvalue weighted by Gasteiger charge is 2.40. The predicted octanol–water partition coefficient (Wildman–Crippen LogP) is 2.31. The second-order valence-electron chi connectivity index (χ2n) is 5.16. The Labute approximate surface area is 122 Å². The Hall–Kier alpha value is -0.140. The number of thiophene rings is 1. The summed E-state index contributed by atoms with van der Waals surface area (Å²) in [5, 5.41) is 3.37. The number of rotatable bonds is 5. The van der Waals surface area contributed by atoms with Crippen molar-refractivity contribution in [1.29, 1.82) is 0 Å². The molecule has 3 rings (SSSR count). The van der Waals surface area contributed by atoms with Gasteiger partial charge in [0.05, 0.1) is 4.34 Å². The van der Waals surface area contributed by atoms with E-state index >= 15 is 0 Å². The minimum Gasteiger partial charge on any atom is -0.313 e. The number of halogens is 1. The van der Waals surface area contributed by atoms with Crippen molar-refractivity contribution in [2.75, 3.05) is 13.1 Å². The average molecular weight is 321 g/mol. The van der Waals surface area contributed by atoms with Gasteiger partial charge >= 0.3 is 0 Å². The number of nitrogens with zero attached hydrogens (tertiary/aromatic N) is 1. The lowest BCUT2D eigenvalue weighted by Gasteiger charge is -2.24. The average Bonchev–Trinajstić information content (AvgIpc) is 2.88. The van der Waals surface area contributed by atoms with Crippen molar-refractivity contribution in [3.05, 3.63) is 16.5 Å². The minimum absolute atomic E-state index is 0.188. The van der Waals surface area contributed by atoms with Crippen LogP contribution in [0.2, 0.25) is 4.34 Å². The van der Waals surface area contributed by atoms with Gasteiger partial charge in [-0.15, -0.1) is 11.3 Å². The zero-order chi connectivity index (χ0) is 13.5. The van der Waals surface area contributed by atoms with Crippen LogP contribution in [-0.2, 0) is 10.0 Å². The Morgan fingerprint density at radius 1 is 1.37 bits per heavy atom. The van der Waals surface area contributed by atoms with Crippen LogP contribution in [0.4, 0.5) is 0 Å². The van der Waals surface area contributed by atoms with E-state index in [-0.39, 0.29) is 6.04 Å². The summed E-state index contributed by atoms with van der Waals surface area (Å²) in [4.78, 5) is 0. The first-order chi connectivity index (χ1) is 9.07. The number of sulfonamides is 1. The molecular formula is C12H17ClN2O2S2. The van der Waals surface area contributed by atoms with Crippen LogP contribution in [-0.4, -0.2) is 37.9 Å². The van der Waals surface area contributed by atoms with Gasteiger partial charge < -0.3 is 5.32 Å². The van der Waals surface area contributed by atoms with E-state index in [1.165, 1.54) is 0 Å². The van der Waals surface area contributed by atoms with Gasteiger partial charge in [-0.05, 0) is 44.4 Å². The molecule has 19 heavy (non-hydrogen) atoms. The molecule has 2 heterocycles. The van der Waals surface area contributed by atoms with Crippen LogP contribution in [0, 0.1) is 0 Å². The molecular weight excluding hydrogens is 304 g/mol.